The normalized spacial score (nSPS) is 12.3. The average molecular weight is 704 g/mol. The van der Waals surface area contributed by atoms with Crippen molar-refractivity contribution in [2.24, 2.45) is 0 Å². The number of hydrogen-bond acceptors (Lipinski definition) is 2. The highest BCUT2D eigenvalue weighted by atomic mass is 16.3. The second-order valence-corrected chi connectivity index (χ2v) is 16.0. The smallest absolute Gasteiger partial charge is 0.143 e. The van der Waals surface area contributed by atoms with Crippen molar-refractivity contribution in [1.82, 2.24) is 4.98 Å². The number of rotatable bonds is 4. The molecule has 0 amide bonds. The molecule has 0 saturated carbocycles. The van der Waals surface area contributed by atoms with E-state index in [0.717, 1.165) is 55.1 Å². The molecule has 0 saturated heterocycles. The molecule has 0 radical (unpaired) electrons. The number of aromatic nitrogens is 1. The molecule has 55 heavy (non-hydrogen) atoms. The lowest BCUT2D eigenvalue weighted by Crippen LogP contribution is -2.10. The first-order chi connectivity index (χ1) is 26.9. The summed E-state index contributed by atoms with van der Waals surface area (Å²) >= 11 is 0. The van der Waals surface area contributed by atoms with Crippen molar-refractivity contribution in [3.8, 4) is 44.5 Å². The zero-order chi connectivity index (χ0) is 36.8. The SMILES string of the molecule is CC(C)(C)c1cc2ccc3c(-c4ccc(-c5cnc6ccccc6c5)cc4)cc(-c4ccc(-c5cccc6c5oc5ccccc56)cc4)c4ccc(c1)c2c34. The number of nitrogens with zero attached hydrogens (tertiary/aromatic N) is 1. The van der Waals surface area contributed by atoms with Crippen LogP contribution in [-0.2, 0) is 5.41 Å². The number of benzene rings is 9. The van der Waals surface area contributed by atoms with Crippen LogP contribution in [-0.4, -0.2) is 4.98 Å². The first kappa shape index (κ1) is 31.7. The molecule has 0 bridgehead atoms. The van der Waals surface area contributed by atoms with Gasteiger partial charge in [-0.15, -0.1) is 0 Å². The lowest BCUT2D eigenvalue weighted by atomic mass is 9.81. The second kappa shape index (κ2) is 11.9. The topological polar surface area (TPSA) is 26.0 Å². The fourth-order valence-corrected chi connectivity index (χ4v) is 8.70. The van der Waals surface area contributed by atoms with Gasteiger partial charge in [-0.2, -0.15) is 0 Å². The van der Waals surface area contributed by atoms with Gasteiger partial charge in [0.05, 0.1) is 5.52 Å². The number of para-hydroxylation sites is 3. The van der Waals surface area contributed by atoms with Gasteiger partial charge >= 0.3 is 0 Å². The lowest BCUT2D eigenvalue weighted by Gasteiger charge is -2.23. The maximum atomic E-state index is 6.42. The first-order valence-electron chi connectivity index (χ1n) is 19.1. The summed E-state index contributed by atoms with van der Waals surface area (Å²) in [4.78, 5) is 4.74. The summed E-state index contributed by atoms with van der Waals surface area (Å²) in [5.41, 5.74) is 13.6. The monoisotopic (exact) mass is 703 g/mol. The van der Waals surface area contributed by atoms with Gasteiger partial charge in [0, 0.05) is 33.5 Å². The molecule has 0 unspecified atom stereocenters. The van der Waals surface area contributed by atoms with Gasteiger partial charge in [-0.1, -0.05) is 160 Å². The Morgan fingerprint density at radius 1 is 0.418 bits per heavy atom. The van der Waals surface area contributed by atoms with Gasteiger partial charge in [0.1, 0.15) is 11.2 Å². The summed E-state index contributed by atoms with van der Waals surface area (Å²) < 4.78 is 6.42. The Bertz CT molecular complexity index is 3250. The molecule has 11 rings (SSSR count). The lowest BCUT2D eigenvalue weighted by molar-refractivity contribution is 0.591. The molecule has 2 aromatic heterocycles. The van der Waals surface area contributed by atoms with Gasteiger partial charge in [-0.3, -0.25) is 4.98 Å². The average Bonchev–Trinajstić information content (AvgIpc) is 3.61. The molecular weight excluding hydrogens is 667 g/mol. The first-order valence-corrected chi connectivity index (χ1v) is 19.1. The molecule has 2 nitrogen and oxygen atoms in total. The fraction of sp³-hybridized carbons (Fsp3) is 0.0755. The van der Waals surface area contributed by atoms with E-state index >= 15 is 0 Å². The van der Waals surface area contributed by atoms with Gasteiger partial charge < -0.3 is 4.42 Å². The molecule has 0 aliphatic rings. The molecular formula is C53H37NO. The van der Waals surface area contributed by atoms with Gasteiger partial charge in [0.15, 0.2) is 0 Å². The molecule has 11 aromatic rings. The van der Waals surface area contributed by atoms with E-state index in [1.165, 1.54) is 60.1 Å². The molecule has 9 aromatic carbocycles. The Morgan fingerprint density at radius 2 is 1.02 bits per heavy atom. The Balaban J connectivity index is 1.09. The minimum absolute atomic E-state index is 0.0531. The third kappa shape index (κ3) is 5.06. The predicted octanol–water partition coefficient (Wildman–Crippen LogP) is 15.0. The summed E-state index contributed by atoms with van der Waals surface area (Å²) in [6.07, 6.45) is 1.98. The predicted molar refractivity (Wildman–Crippen MR) is 233 cm³/mol. The van der Waals surface area contributed by atoms with E-state index in [4.69, 9.17) is 9.40 Å². The molecule has 0 aliphatic heterocycles. The van der Waals surface area contributed by atoms with Crippen LogP contribution in [0.25, 0.3) is 110 Å². The van der Waals surface area contributed by atoms with Crippen molar-refractivity contribution in [2.45, 2.75) is 26.2 Å². The minimum atomic E-state index is 0.0531. The third-order valence-corrected chi connectivity index (χ3v) is 11.6. The van der Waals surface area contributed by atoms with Crippen LogP contribution in [0.4, 0.5) is 0 Å². The van der Waals surface area contributed by atoms with Crippen LogP contribution < -0.4 is 0 Å². The van der Waals surface area contributed by atoms with Crippen LogP contribution >= 0.6 is 0 Å². The molecule has 260 valence electrons. The van der Waals surface area contributed by atoms with Crippen LogP contribution in [0, 0.1) is 0 Å². The number of pyridine rings is 1. The standard InChI is InChI=1S/C53H37NO/c1-53(2,3)40-28-37-23-25-43-46(34-17-15-32(16-18-34)39-27-36-9-4-6-13-48(36)54-31-39)30-47(44-26-24-38(29-40)50(37)51(43)44)35-21-19-33(20-22-35)41-11-8-12-45-42-10-5-7-14-49(42)55-52(41)45/h4-31H,1-3H3. The van der Waals surface area contributed by atoms with E-state index in [2.05, 4.69) is 166 Å². The van der Waals surface area contributed by atoms with Crippen molar-refractivity contribution in [3.63, 3.8) is 0 Å². The number of fused-ring (bicyclic) bond motifs is 4. The van der Waals surface area contributed by atoms with E-state index in [1.807, 2.05) is 24.4 Å². The molecule has 0 N–H and O–H groups in total. The Kier molecular flexibility index (Phi) is 6.85. The summed E-state index contributed by atoms with van der Waals surface area (Å²) in [5, 5.41) is 11.2. The van der Waals surface area contributed by atoms with Gasteiger partial charge in [-0.25, -0.2) is 0 Å². The van der Waals surface area contributed by atoms with E-state index in [1.54, 1.807) is 0 Å². The number of hydrogen-bond donors (Lipinski definition) is 0. The zero-order valence-electron chi connectivity index (χ0n) is 31.0. The van der Waals surface area contributed by atoms with Gasteiger partial charge in [0.25, 0.3) is 0 Å². The second-order valence-electron chi connectivity index (χ2n) is 16.0. The van der Waals surface area contributed by atoms with E-state index in [0.29, 0.717) is 0 Å². The van der Waals surface area contributed by atoms with E-state index in [9.17, 15) is 0 Å². The van der Waals surface area contributed by atoms with E-state index in [-0.39, 0.29) is 5.41 Å². The Labute approximate surface area is 319 Å². The zero-order valence-corrected chi connectivity index (χ0v) is 31.0. The van der Waals surface area contributed by atoms with Crippen LogP contribution in [0.2, 0.25) is 0 Å². The molecule has 0 spiro atoms. The van der Waals surface area contributed by atoms with Crippen LogP contribution in [0.15, 0.2) is 174 Å². The Morgan fingerprint density at radius 3 is 1.71 bits per heavy atom. The summed E-state index contributed by atoms with van der Waals surface area (Å²) in [7, 11) is 0. The largest absolute Gasteiger partial charge is 0.455 e. The maximum Gasteiger partial charge on any atom is 0.143 e. The Hall–Kier alpha value is -6.77. The van der Waals surface area contributed by atoms with E-state index < -0.39 is 0 Å². The molecule has 2 heteroatoms. The van der Waals surface area contributed by atoms with Gasteiger partial charge in [-0.05, 0) is 101 Å². The van der Waals surface area contributed by atoms with Crippen molar-refractivity contribution < 1.29 is 4.42 Å². The highest BCUT2D eigenvalue weighted by Gasteiger charge is 2.21. The van der Waals surface area contributed by atoms with Crippen molar-refractivity contribution >= 4 is 65.2 Å². The summed E-state index contributed by atoms with van der Waals surface area (Å²) in [5.74, 6) is 0. The van der Waals surface area contributed by atoms with Crippen LogP contribution in [0.1, 0.15) is 26.3 Å². The number of furan rings is 1. The molecule has 0 aliphatic carbocycles. The van der Waals surface area contributed by atoms with Crippen LogP contribution in [0.5, 0.6) is 0 Å². The highest BCUT2D eigenvalue weighted by molar-refractivity contribution is 6.28. The molecule has 0 atom stereocenters. The summed E-state index contributed by atoms with van der Waals surface area (Å²) in [6.45, 7) is 6.89. The third-order valence-electron chi connectivity index (χ3n) is 11.6. The summed E-state index contributed by atoms with van der Waals surface area (Å²) in [6, 6.07) is 59.9. The highest BCUT2D eigenvalue weighted by Crippen LogP contribution is 2.46. The molecule has 2 heterocycles. The maximum absolute atomic E-state index is 6.42. The van der Waals surface area contributed by atoms with Crippen molar-refractivity contribution in [3.05, 3.63) is 176 Å². The van der Waals surface area contributed by atoms with Crippen molar-refractivity contribution in [1.29, 1.82) is 0 Å². The quantitative estimate of drug-likeness (QED) is 0.171. The fourth-order valence-electron chi connectivity index (χ4n) is 8.70. The van der Waals surface area contributed by atoms with Crippen molar-refractivity contribution in [2.75, 3.05) is 0 Å². The van der Waals surface area contributed by atoms with Crippen LogP contribution in [0.3, 0.4) is 0 Å². The molecule has 0 fully saturated rings. The van der Waals surface area contributed by atoms with Gasteiger partial charge in [0.2, 0.25) is 0 Å². The minimum Gasteiger partial charge on any atom is -0.455 e.